The van der Waals surface area contributed by atoms with Crippen LogP contribution in [0.15, 0.2) is 41.8 Å². The first-order valence-corrected chi connectivity index (χ1v) is 8.57. The number of halogens is 3. The van der Waals surface area contributed by atoms with Gasteiger partial charge >= 0.3 is 6.18 Å². The Hall–Kier alpha value is -2.35. The van der Waals surface area contributed by atoms with E-state index in [0.717, 1.165) is 12.1 Å². The maximum absolute atomic E-state index is 12.6. The fourth-order valence-corrected chi connectivity index (χ4v) is 3.47. The van der Waals surface area contributed by atoms with E-state index in [1.54, 1.807) is 17.5 Å². The van der Waals surface area contributed by atoms with Crippen molar-refractivity contribution in [2.24, 2.45) is 0 Å². The van der Waals surface area contributed by atoms with Gasteiger partial charge in [-0.05, 0) is 48.6 Å². The number of benzene rings is 1. The first-order valence-electron chi connectivity index (χ1n) is 7.69. The summed E-state index contributed by atoms with van der Waals surface area (Å²) < 4.78 is 37.7. The van der Waals surface area contributed by atoms with Crippen molar-refractivity contribution in [2.45, 2.75) is 25.1 Å². The maximum Gasteiger partial charge on any atom is 0.416 e. The molecule has 132 valence electrons. The van der Waals surface area contributed by atoms with Gasteiger partial charge in [-0.15, -0.1) is 11.3 Å². The lowest BCUT2D eigenvalue weighted by atomic mass is 10.1. The van der Waals surface area contributed by atoms with Crippen molar-refractivity contribution in [1.29, 1.82) is 0 Å². The normalized spacial score (nSPS) is 17.6. The van der Waals surface area contributed by atoms with Crippen molar-refractivity contribution < 1.29 is 22.8 Å². The van der Waals surface area contributed by atoms with Gasteiger partial charge in [-0.25, -0.2) is 0 Å². The highest BCUT2D eigenvalue weighted by molar-refractivity contribution is 7.12. The van der Waals surface area contributed by atoms with E-state index in [2.05, 4.69) is 5.32 Å². The Bertz CT molecular complexity index is 757. The lowest BCUT2D eigenvalue weighted by Crippen LogP contribution is -2.42. The van der Waals surface area contributed by atoms with E-state index in [1.807, 2.05) is 0 Å². The number of likely N-dealkylation sites (tertiary alicyclic amines) is 1. The van der Waals surface area contributed by atoms with Crippen LogP contribution in [0.3, 0.4) is 0 Å². The maximum atomic E-state index is 12.6. The quantitative estimate of drug-likeness (QED) is 0.890. The third kappa shape index (κ3) is 3.84. The van der Waals surface area contributed by atoms with Crippen LogP contribution >= 0.6 is 11.3 Å². The summed E-state index contributed by atoms with van der Waals surface area (Å²) in [5.74, 6) is -0.581. The van der Waals surface area contributed by atoms with Crippen molar-refractivity contribution in [3.8, 4) is 0 Å². The fourth-order valence-electron chi connectivity index (χ4n) is 2.79. The standard InChI is InChI=1S/C17H15F3N2O2S/c18-17(19,20)11-5-7-12(8-6-11)21-15(23)13-3-1-9-22(13)16(24)14-4-2-10-25-14/h2,4-8,10,13H,1,3,9H2,(H,21,23)/t13-/m0/s1. The van der Waals surface area contributed by atoms with Gasteiger partial charge in [0.05, 0.1) is 10.4 Å². The molecule has 1 N–H and O–H groups in total. The largest absolute Gasteiger partial charge is 0.416 e. The molecule has 1 aliphatic rings. The molecule has 1 aliphatic heterocycles. The van der Waals surface area contributed by atoms with Crippen LogP contribution in [-0.2, 0) is 11.0 Å². The van der Waals surface area contributed by atoms with Crippen LogP contribution in [0.5, 0.6) is 0 Å². The molecule has 0 saturated carbocycles. The molecule has 1 aromatic heterocycles. The summed E-state index contributed by atoms with van der Waals surface area (Å²) in [6.07, 6.45) is -3.18. The summed E-state index contributed by atoms with van der Waals surface area (Å²) >= 11 is 1.31. The lowest BCUT2D eigenvalue weighted by molar-refractivity contribution is -0.137. The summed E-state index contributed by atoms with van der Waals surface area (Å²) in [5, 5.41) is 4.39. The molecule has 4 nitrogen and oxygen atoms in total. The molecule has 0 radical (unpaired) electrons. The zero-order chi connectivity index (χ0) is 18.0. The summed E-state index contributed by atoms with van der Waals surface area (Å²) in [6.45, 7) is 0.488. The number of hydrogen-bond donors (Lipinski definition) is 1. The van der Waals surface area contributed by atoms with Crippen molar-refractivity contribution >= 4 is 28.8 Å². The molecule has 1 aromatic carbocycles. The van der Waals surface area contributed by atoms with Crippen LogP contribution in [0.25, 0.3) is 0 Å². The Kier molecular flexibility index (Phi) is 4.80. The first-order chi connectivity index (χ1) is 11.9. The smallest absolute Gasteiger partial charge is 0.326 e. The molecule has 1 atom stereocenters. The Labute approximate surface area is 146 Å². The minimum Gasteiger partial charge on any atom is -0.326 e. The third-order valence-electron chi connectivity index (χ3n) is 4.03. The molecule has 1 saturated heterocycles. The highest BCUT2D eigenvalue weighted by Gasteiger charge is 2.35. The van der Waals surface area contributed by atoms with Gasteiger partial charge in [-0.2, -0.15) is 13.2 Å². The molecule has 0 aliphatic carbocycles. The number of alkyl halides is 3. The number of hydrogen-bond acceptors (Lipinski definition) is 3. The molecular weight excluding hydrogens is 353 g/mol. The van der Waals surface area contributed by atoms with Crippen LogP contribution in [0, 0.1) is 0 Å². The number of nitrogens with zero attached hydrogens (tertiary/aromatic N) is 1. The molecule has 2 aromatic rings. The van der Waals surface area contributed by atoms with Crippen molar-refractivity contribution in [1.82, 2.24) is 4.90 Å². The summed E-state index contributed by atoms with van der Waals surface area (Å²) in [6, 6.07) is 7.11. The molecule has 25 heavy (non-hydrogen) atoms. The van der Waals surface area contributed by atoms with Gasteiger partial charge in [-0.1, -0.05) is 6.07 Å². The van der Waals surface area contributed by atoms with Gasteiger partial charge in [0.2, 0.25) is 5.91 Å². The molecule has 3 rings (SSSR count). The fraction of sp³-hybridized carbons (Fsp3) is 0.294. The number of thiophene rings is 1. The molecule has 0 bridgehead atoms. The van der Waals surface area contributed by atoms with Crippen molar-refractivity contribution in [2.75, 3.05) is 11.9 Å². The van der Waals surface area contributed by atoms with E-state index in [-0.39, 0.29) is 17.5 Å². The minimum atomic E-state index is -4.42. The Morgan fingerprint density at radius 3 is 2.48 bits per heavy atom. The lowest BCUT2D eigenvalue weighted by Gasteiger charge is -2.23. The molecule has 1 fully saturated rings. The van der Waals surface area contributed by atoms with Crippen LogP contribution in [0.4, 0.5) is 18.9 Å². The van der Waals surface area contributed by atoms with Crippen LogP contribution in [0.1, 0.15) is 28.1 Å². The highest BCUT2D eigenvalue weighted by Crippen LogP contribution is 2.30. The monoisotopic (exact) mass is 368 g/mol. The van der Waals surface area contributed by atoms with E-state index in [1.165, 1.54) is 28.4 Å². The van der Waals surface area contributed by atoms with E-state index in [4.69, 9.17) is 0 Å². The van der Waals surface area contributed by atoms with Gasteiger partial charge in [0, 0.05) is 12.2 Å². The Morgan fingerprint density at radius 2 is 1.88 bits per heavy atom. The van der Waals surface area contributed by atoms with Gasteiger partial charge in [-0.3, -0.25) is 9.59 Å². The summed E-state index contributed by atoms with van der Waals surface area (Å²) in [5.41, 5.74) is -0.505. The number of amides is 2. The second-order valence-electron chi connectivity index (χ2n) is 5.70. The summed E-state index contributed by atoms with van der Waals surface area (Å²) in [4.78, 5) is 27.0. The Morgan fingerprint density at radius 1 is 1.16 bits per heavy atom. The van der Waals surface area contributed by atoms with Crippen molar-refractivity contribution in [3.05, 3.63) is 52.2 Å². The minimum absolute atomic E-state index is 0.194. The molecule has 0 spiro atoms. The van der Waals surface area contributed by atoms with Gasteiger partial charge in [0.15, 0.2) is 0 Å². The third-order valence-corrected chi connectivity index (χ3v) is 4.89. The van der Waals surface area contributed by atoms with Crippen LogP contribution in [0.2, 0.25) is 0 Å². The second kappa shape index (κ2) is 6.87. The SMILES string of the molecule is O=C(Nc1ccc(C(F)(F)F)cc1)[C@@H]1CCCN1C(=O)c1cccs1. The molecule has 2 amide bonds. The molecule has 2 heterocycles. The zero-order valence-corrected chi connectivity index (χ0v) is 13.9. The van der Waals surface area contributed by atoms with Crippen molar-refractivity contribution in [3.63, 3.8) is 0 Å². The van der Waals surface area contributed by atoms with Gasteiger partial charge in [0.1, 0.15) is 6.04 Å². The first kappa shape index (κ1) is 17.5. The number of rotatable bonds is 3. The van der Waals surface area contributed by atoms with E-state index in [9.17, 15) is 22.8 Å². The van der Waals surface area contributed by atoms with Crippen LogP contribution in [-0.4, -0.2) is 29.3 Å². The van der Waals surface area contributed by atoms with Gasteiger partial charge in [0.25, 0.3) is 5.91 Å². The van der Waals surface area contributed by atoms with Crippen LogP contribution < -0.4 is 5.32 Å². The highest BCUT2D eigenvalue weighted by atomic mass is 32.1. The predicted molar refractivity (Wildman–Crippen MR) is 88.5 cm³/mol. The second-order valence-corrected chi connectivity index (χ2v) is 6.65. The Balaban J connectivity index is 1.69. The van der Waals surface area contributed by atoms with E-state index in [0.29, 0.717) is 24.3 Å². The van der Waals surface area contributed by atoms with E-state index < -0.39 is 17.8 Å². The topological polar surface area (TPSA) is 49.4 Å². The van der Waals surface area contributed by atoms with E-state index >= 15 is 0 Å². The molecular formula is C17H15F3N2O2S. The zero-order valence-electron chi connectivity index (χ0n) is 13.0. The number of anilines is 1. The number of nitrogens with one attached hydrogen (secondary N) is 1. The van der Waals surface area contributed by atoms with Gasteiger partial charge < -0.3 is 10.2 Å². The summed E-state index contributed by atoms with van der Waals surface area (Å²) in [7, 11) is 0. The molecule has 8 heteroatoms. The average Bonchev–Trinajstić information content (AvgIpc) is 3.25. The molecule has 0 unspecified atom stereocenters. The average molecular weight is 368 g/mol. The number of carbonyl (C=O) groups is 2. The predicted octanol–water partition coefficient (Wildman–Crippen LogP) is 4.01. The number of carbonyl (C=O) groups excluding carboxylic acids is 2.